The van der Waals surface area contributed by atoms with Gasteiger partial charge in [0, 0.05) is 44.5 Å². The van der Waals surface area contributed by atoms with Crippen LogP contribution in [0.2, 0.25) is 0 Å². The summed E-state index contributed by atoms with van der Waals surface area (Å²) in [5, 5.41) is 3.36. The summed E-state index contributed by atoms with van der Waals surface area (Å²) in [7, 11) is -3.22. The van der Waals surface area contributed by atoms with Gasteiger partial charge in [-0.15, -0.1) is 0 Å². The van der Waals surface area contributed by atoms with Crippen molar-refractivity contribution in [1.29, 1.82) is 0 Å². The summed E-state index contributed by atoms with van der Waals surface area (Å²) in [4.78, 5) is 30.2. The van der Waals surface area contributed by atoms with Crippen molar-refractivity contribution < 1.29 is 22.9 Å². The van der Waals surface area contributed by atoms with Crippen LogP contribution in [0.3, 0.4) is 0 Å². The summed E-state index contributed by atoms with van der Waals surface area (Å²) in [6, 6.07) is 17.2. The second-order valence-corrected chi connectivity index (χ2v) is 13.9. The third kappa shape index (κ3) is 6.55. The van der Waals surface area contributed by atoms with Crippen molar-refractivity contribution in [3.63, 3.8) is 0 Å². The summed E-state index contributed by atoms with van der Waals surface area (Å²) in [5.74, 6) is 0.614. The summed E-state index contributed by atoms with van der Waals surface area (Å²) >= 11 is 0. The Bertz CT molecular complexity index is 1250. The first-order valence-corrected chi connectivity index (χ1v) is 16.4. The molecule has 2 aromatic rings. The SMILES string of the molecule is CS(=O)(=O)c1ccc(CN2CCC3(CC[NH+](CC[C@H](NC(=O)C4CCCC4)c4ccccc4)CC3)C2=O)cc1. The van der Waals surface area contributed by atoms with Gasteiger partial charge < -0.3 is 15.1 Å². The van der Waals surface area contributed by atoms with Crippen LogP contribution >= 0.6 is 0 Å². The first-order chi connectivity index (χ1) is 18.7. The number of rotatable bonds is 9. The van der Waals surface area contributed by atoms with Gasteiger partial charge in [0.2, 0.25) is 11.8 Å². The van der Waals surface area contributed by atoms with Gasteiger partial charge in [-0.25, -0.2) is 8.42 Å². The van der Waals surface area contributed by atoms with Crippen LogP contribution in [-0.2, 0) is 26.0 Å². The number of amides is 2. The monoisotopic (exact) mass is 552 g/mol. The second-order valence-electron chi connectivity index (χ2n) is 11.9. The van der Waals surface area contributed by atoms with Crippen LogP contribution in [0.15, 0.2) is 59.5 Å². The lowest BCUT2D eigenvalue weighted by Gasteiger charge is -2.36. The van der Waals surface area contributed by atoms with Gasteiger partial charge in [-0.3, -0.25) is 9.59 Å². The molecule has 1 atom stereocenters. The molecule has 1 spiro atoms. The first kappa shape index (κ1) is 27.8. The number of sulfone groups is 1. The van der Waals surface area contributed by atoms with Gasteiger partial charge in [-0.2, -0.15) is 0 Å². The molecule has 1 aliphatic carbocycles. The molecule has 7 nitrogen and oxygen atoms in total. The standard InChI is InChI=1S/C31H41N3O4S/c1-39(37,38)27-13-11-24(12-14-27)23-34-22-18-31(30(34)36)16-20-33(21-17-31)19-15-28(25-7-3-2-4-8-25)32-29(35)26-9-5-6-10-26/h2-4,7-8,11-14,26,28H,5-6,9-10,15-23H2,1H3,(H,32,35)/p+1/t28-/m0/s1. The Morgan fingerprint density at radius 3 is 2.33 bits per heavy atom. The summed E-state index contributed by atoms with van der Waals surface area (Å²) in [5.41, 5.74) is 1.87. The third-order valence-corrected chi connectivity index (χ3v) is 10.4. The lowest BCUT2D eigenvalue weighted by atomic mass is 9.77. The zero-order valence-corrected chi connectivity index (χ0v) is 23.8. The minimum Gasteiger partial charge on any atom is -0.349 e. The summed E-state index contributed by atoms with van der Waals surface area (Å²) < 4.78 is 23.5. The molecule has 2 amide bonds. The highest BCUT2D eigenvalue weighted by Crippen LogP contribution is 2.39. The Labute approximate surface area is 232 Å². The number of hydrogen-bond acceptors (Lipinski definition) is 4. The molecule has 2 heterocycles. The fourth-order valence-corrected chi connectivity index (χ4v) is 7.37. The van der Waals surface area contributed by atoms with E-state index in [1.165, 1.54) is 16.7 Å². The maximum absolute atomic E-state index is 13.5. The van der Waals surface area contributed by atoms with E-state index in [0.717, 1.165) is 83.1 Å². The summed E-state index contributed by atoms with van der Waals surface area (Å²) in [6.07, 6.45) is 9.11. The topological polar surface area (TPSA) is 88.0 Å². The zero-order valence-electron chi connectivity index (χ0n) is 23.0. The number of hydrogen-bond donors (Lipinski definition) is 2. The zero-order chi connectivity index (χ0) is 27.5. The van der Waals surface area contributed by atoms with Crippen LogP contribution in [-0.4, -0.2) is 57.6 Å². The molecule has 2 saturated heterocycles. The van der Waals surface area contributed by atoms with Crippen LogP contribution in [0.1, 0.15) is 68.5 Å². The Balaban J connectivity index is 1.14. The van der Waals surface area contributed by atoms with Crippen LogP contribution in [0, 0.1) is 11.3 Å². The molecule has 0 bridgehead atoms. The van der Waals surface area contributed by atoms with E-state index in [1.807, 2.05) is 35.2 Å². The molecular formula is C31H42N3O4S+. The van der Waals surface area contributed by atoms with Gasteiger partial charge in [-0.05, 0) is 42.5 Å². The van der Waals surface area contributed by atoms with Crippen LogP contribution in [0.25, 0.3) is 0 Å². The van der Waals surface area contributed by atoms with Gasteiger partial charge in [0.15, 0.2) is 9.84 Å². The summed E-state index contributed by atoms with van der Waals surface area (Å²) in [6.45, 7) is 4.21. The van der Waals surface area contributed by atoms with Crippen LogP contribution < -0.4 is 10.2 Å². The molecule has 2 N–H and O–H groups in total. The van der Waals surface area contributed by atoms with Crippen molar-refractivity contribution in [2.45, 2.75) is 68.8 Å². The number of carbonyl (C=O) groups excluding carboxylic acids is 2. The quantitative estimate of drug-likeness (QED) is 0.501. The van der Waals surface area contributed by atoms with Crippen molar-refractivity contribution in [2.24, 2.45) is 11.3 Å². The molecule has 3 aliphatic rings. The Morgan fingerprint density at radius 1 is 1.03 bits per heavy atom. The predicted octanol–water partition coefficient (Wildman–Crippen LogP) is 2.93. The van der Waals surface area contributed by atoms with Crippen molar-refractivity contribution in [3.05, 3.63) is 65.7 Å². The van der Waals surface area contributed by atoms with Gasteiger partial charge >= 0.3 is 0 Å². The normalized spacial score (nSPS) is 24.8. The second kappa shape index (κ2) is 11.8. The molecule has 0 aromatic heterocycles. The number of piperidine rings is 1. The van der Waals surface area contributed by atoms with E-state index in [1.54, 1.807) is 12.1 Å². The number of carbonyl (C=O) groups is 2. The molecule has 3 fully saturated rings. The molecule has 0 radical (unpaired) electrons. The minimum absolute atomic E-state index is 0.0281. The number of nitrogens with one attached hydrogen (secondary N) is 2. The number of quaternary nitrogens is 1. The van der Waals surface area contributed by atoms with Crippen molar-refractivity contribution in [2.75, 3.05) is 32.4 Å². The van der Waals surface area contributed by atoms with E-state index < -0.39 is 9.84 Å². The highest BCUT2D eigenvalue weighted by atomic mass is 32.2. The number of likely N-dealkylation sites (tertiary alicyclic amines) is 2. The molecule has 0 unspecified atom stereocenters. The maximum Gasteiger partial charge on any atom is 0.229 e. The van der Waals surface area contributed by atoms with Gasteiger partial charge in [0.25, 0.3) is 0 Å². The predicted molar refractivity (Wildman–Crippen MR) is 151 cm³/mol. The van der Waals surface area contributed by atoms with E-state index in [9.17, 15) is 18.0 Å². The highest BCUT2D eigenvalue weighted by Gasteiger charge is 2.49. The molecule has 39 heavy (non-hydrogen) atoms. The van der Waals surface area contributed by atoms with E-state index in [4.69, 9.17) is 0 Å². The van der Waals surface area contributed by atoms with E-state index in [0.29, 0.717) is 11.4 Å². The van der Waals surface area contributed by atoms with E-state index in [-0.39, 0.29) is 29.2 Å². The molecule has 210 valence electrons. The molecule has 2 aliphatic heterocycles. The van der Waals surface area contributed by atoms with Gasteiger partial charge in [0.1, 0.15) is 0 Å². The number of nitrogens with zero attached hydrogens (tertiary/aromatic N) is 1. The lowest BCUT2D eigenvalue weighted by molar-refractivity contribution is -0.907. The average molecular weight is 553 g/mol. The Morgan fingerprint density at radius 2 is 1.69 bits per heavy atom. The van der Waals surface area contributed by atoms with Crippen molar-refractivity contribution in [3.8, 4) is 0 Å². The highest BCUT2D eigenvalue weighted by molar-refractivity contribution is 7.90. The molecule has 2 aromatic carbocycles. The lowest BCUT2D eigenvalue weighted by Crippen LogP contribution is -3.13. The largest absolute Gasteiger partial charge is 0.349 e. The van der Waals surface area contributed by atoms with Gasteiger partial charge in [0.05, 0.1) is 36.0 Å². The maximum atomic E-state index is 13.5. The van der Waals surface area contributed by atoms with Crippen LogP contribution in [0.5, 0.6) is 0 Å². The van der Waals surface area contributed by atoms with Crippen LogP contribution in [0.4, 0.5) is 0 Å². The first-order valence-electron chi connectivity index (χ1n) is 14.5. The van der Waals surface area contributed by atoms with E-state index in [2.05, 4.69) is 17.4 Å². The van der Waals surface area contributed by atoms with Crippen molar-refractivity contribution in [1.82, 2.24) is 10.2 Å². The fourth-order valence-electron chi connectivity index (χ4n) is 6.74. The average Bonchev–Trinajstić information content (AvgIpc) is 3.58. The van der Waals surface area contributed by atoms with E-state index >= 15 is 0 Å². The smallest absolute Gasteiger partial charge is 0.229 e. The van der Waals surface area contributed by atoms with Crippen molar-refractivity contribution >= 4 is 21.7 Å². The molecule has 8 heteroatoms. The number of benzene rings is 2. The molecule has 1 saturated carbocycles. The molecular weight excluding hydrogens is 510 g/mol. The van der Waals surface area contributed by atoms with Gasteiger partial charge in [-0.1, -0.05) is 55.3 Å². The third-order valence-electron chi connectivity index (χ3n) is 9.27. The Hall–Kier alpha value is -2.71. The Kier molecular flexibility index (Phi) is 8.43. The fraction of sp³-hybridized carbons (Fsp3) is 0.548. The molecule has 5 rings (SSSR count). The minimum atomic E-state index is -3.22.